The number of rotatable bonds is 9. The lowest BCUT2D eigenvalue weighted by Crippen LogP contribution is -2.56. The van der Waals surface area contributed by atoms with Gasteiger partial charge in [0.2, 0.25) is 5.60 Å². The second-order valence-corrected chi connectivity index (χ2v) is 13.0. The summed E-state index contributed by atoms with van der Waals surface area (Å²) in [6.45, 7) is 3.14. The highest BCUT2D eigenvalue weighted by Gasteiger charge is 2.66. The Morgan fingerprint density at radius 2 is 1.60 bits per heavy atom. The lowest BCUT2D eigenvalue weighted by Gasteiger charge is -2.39. The Kier molecular flexibility index (Phi) is 9.83. The molecule has 0 spiro atoms. The van der Waals surface area contributed by atoms with Gasteiger partial charge in [-0.1, -0.05) is 91.3 Å². The van der Waals surface area contributed by atoms with Gasteiger partial charge in [0.05, 0.1) is 0 Å². The molecule has 2 aliphatic heterocycles. The summed E-state index contributed by atoms with van der Waals surface area (Å²) in [6, 6.07) is 14.1. The molecule has 234 valence electrons. The van der Waals surface area contributed by atoms with Gasteiger partial charge in [-0.05, 0) is 56.0 Å². The molecule has 1 unspecified atom stereocenters. The number of hydrogen-bond acceptors (Lipinski definition) is 5. The standard InChI is InChI=1S/C32H37Cl2F3N2O4/c33-31(34,30(43-29(41)32(35,36)37)16-19-39(28(30)40)25-12-6-2-7-13-25)24-14-15-26(23-10-4-1-5-11-23)27(22-24)42-21-20-38-17-8-3-9-18-38/h1,4-5,10-11,14-15,22,25H,2-3,6-9,12-13,16-21H2. The van der Waals surface area contributed by atoms with Crippen molar-refractivity contribution >= 4 is 35.1 Å². The van der Waals surface area contributed by atoms with Crippen molar-refractivity contribution in [2.24, 2.45) is 0 Å². The molecule has 6 nitrogen and oxygen atoms in total. The molecular weight excluding hydrogens is 604 g/mol. The molecule has 1 amide bonds. The van der Waals surface area contributed by atoms with Gasteiger partial charge in [-0.25, -0.2) is 4.79 Å². The summed E-state index contributed by atoms with van der Waals surface area (Å²) < 4.78 is 49.6. The zero-order chi connectivity index (χ0) is 30.7. The number of halogens is 5. The largest absolute Gasteiger partial charge is 0.492 e. The monoisotopic (exact) mass is 640 g/mol. The molecule has 3 aliphatic rings. The number of nitrogens with zero attached hydrogens (tertiary/aromatic N) is 2. The van der Waals surface area contributed by atoms with Crippen molar-refractivity contribution < 1.29 is 32.2 Å². The van der Waals surface area contributed by atoms with Gasteiger partial charge in [-0.15, -0.1) is 0 Å². The summed E-state index contributed by atoms with van der Waals surface area (Å²) in [5.74, 6) is -2.89. The number of piperidine rings is 1. The molecule has 0 N–H and O–H groups in total. The van der Waals surface area contributed by atoms with Crippen LogP contribution in [-0.2, 0) is 18.7 Å². The molecule has 0 bridgehead atoms. The van der Waals surface area contributed by atoms with Gasteiger partial charge in [-0.2, -0.15) is 13.2 Å². The van der Waals surface area contributed by atoms with Gasteiger partial charge in [0, 0.05) is 31.1 Å². The zero-order valence-electron chi connectivity index (χ0n) is 24.0. The highest BCUT2D eigenvalue weighted by molar-refractivity contribution is 6.50. The van der Waals surface area contributed by atoms with Crippen LogP contribution in [0.3, 0.4) is 0 Å². The van der Waals surface area contributed by atoms with Crippen LogP contribution in [0.25, 0.3) is 11.1 Å². The normalized spacial score (nSPS) is 22.5. The van der Waals surface area contributed by atoms with Gasteiger partial charge in [-0.3, -0.25) is 9.69 Å². The molecule has 5 rings (SSSR count). The predicted molar refractivity (Wildman–Crippen MR) is 159 cm³/mol. The maximum Gasteiger partial charge on any atom is 0.490 e. The van der Waals surface area contributed by atoms with Crippen molar-refractivity contribution in [3.63, 3.8) is 0 Å². The Morgan fingerprint density at radius 1 is 0.930 bits per heavy atom. The molecule has 2 heterocycles. The van der Waals surface area contributed by atoms with E-state index in [2.05, 4.69) is 4.90 Å². The minimum Gasteiger partial charge on any atom is -0.492 e. The van der Waals surface area contributed by atoms with Crippen LogP contribution >= 0.6 is 23.2 Å². The topological polar surface area (TPSA) is 59.1 Å². The number of alkyl halides is 5. The smallest absolute Gasteiger partial charge is 0.490 e. The van der Waals surface area contributed by atoms with Crippen molar-refractivity contribution in [3.05, 3.63) is 54.1 Å². The molecule has 1 saturated carbocycles. The summed E-state index contributed by atoms with van der Waals surface area (Å²) >= 11 is 13.9. The van der Waals surface area contributed by atoms with E-state index in [9.17, 15) is 22.8 Å². The maximum atomic E-state index is 14.0. The van der Waals surface area contributed by atoms with Crippen LogP contribution in [0.4, 0.5) is 13.2 Å². The minimum atomic E-state index is -5.34. The van der Waals surface area contributed by atoms with Crippen LogP contribution in [0.5, 0.6) is 5.75 Å². The molecule has 2 saturated heterocycles. The predicted octanol–water partition coefficient (Wildman–Crippen LogP) is 7.26. The average Bonchev–Trinajstić information content (AvgIpc) is 3.35. The second kappa shape index (κ2) is 13.2. The van der Waals surface area contributed by atoms with Gasteiger partial charge >= 0.3 is 12.1 Å². The molecular formula is C32H37Cl2F3N2O4. The molecule has 43 heavy (non-hydrogen) atoms. The van der Waals surface area contributed by atoms with E-state index >= 15 is 0 Å². The van der Waals surface area contributed by atoms with Crippen LogP contribution < -0.4 is 4.74 Å². The number of amides is 1. The van der Waals surface area contributed by atoms with Crippen molar-refractivity contribution in [1.29, 1.82) is 0 Å². The number of likely N-dealkylation sites (tertiary alicyclic amines) is 2. The molecule has 11 heteroatoms. The van der Waals surface area contributed by atoms with Gasteiger partial charge in [0.1, 0.15) is 12.4 Å². The first-order valence-electron chi connectivity index (χ1n) is 15.1. The van der Waals surface area contributed by atoms with Crippen molar-refractivity contribution in [3.8, 4) is 16.9 Å². The number of benzene rings is 2. The van der Waals surface area contributed by atoms with Crippen molar-refractivity contribution in [1.82, 2.24) is 9.80 Å². The van der Waals surface area contributed by atoms with E-state index in [1.165, 1.54) is 11.3 Å². The van der Waals surface area contributed by atoms with Gasteiger partial charge in [0.15, 0.2) is 4.33 Å². The minimum absolute atomic E-state index is 0.0805. The van der Waals surface area contributed by atoms with E-state index in [1.807, 2.05) is 30.3 Å². The Labute approximate surface area is 260 Å². The Balaban J connectivity index is 1.50. The van der Waals surface area contributed by atoms with E-state index in [4.69, 9.17) is 32.7 Å². The molecule has 3 fully saturated rings. The summed E-state index contributed by atoms with van der Waals surface area (Å²) in [5.41, 5.74) is -0.776. The quantitative estimate of drug-likeness (QED) is 0.213. The fourth-order valence-corrected chi connectivity index (χ4v) is 7.18. The highest BCUT2D eigenvalue weighted by atomic mass is 35.5. The van der Waals surface area contributed by atoms with E-state index in [-0.39, 0.29) is 24.6 Å². The van der Waals surface area contributed by atoms with Crippen LogP contribution in [0, 0.1) is 0 Å². The molecule has 0 aromatic heterocycles. The molecule has 1 aliphatic carbocycles. The summed E-state index contributed by atoms with van der Waals surface area (Å²) in [7, 11) is 0. The van der Waals surface area contributed by atoms with Crippen molar-refractivity contribution in [2.45, 2.75) is 79.9 Å². The van der Waals surface area contributed by atoms with E-state index in [1.54, 1.807) is 18.2 Å². The zero-order valence-corrected chi connectivity index (χ0v) is 25.5. The van der Waals surface area contributed by atoms with Crippen LogP contribution in [0.1, 0.15) is 63.4 Å². The first-order chi connectivity index (χ1) is 20.5. The Hall–Kier alpha value is -2.49. The lowest BCUT2D eigenvalue weighted by molar-refractivity contribution is -0.215. The third-order valence-electron chi connectivity index (χ3n) is 8.87. The fourth-order valence-electron chi connectivity index (χ4n) is 6.52. The Bertz CT molecular complexity index is 1280. The third kappa shape index (κ3) is 6.79. The average molecular weight is 642 g/mol. The molecule has 2 aromatic carbocycles. The molecule has 2 aromatic rings. The third-order valence-corrected chi connectivity index (χ3v) is 9.92. The van der Waals surface area contributed by atoms with Gasteiger partial charge < -0.3 is 14.4 Å². The first kappa shape index (κ1) is 31.9. The lowest BCUT2D eigenvalue weighted by atomic mass is 9.89. The van der Waals surface area contributed by atoms with E-state index in [0.29, 0.717) is 31.7 Å². The Morgan fingerprint density at radius 3 is 2.28 bits per heavy atom. The first-order valence-corrected chi connectivity index (χ1v) is 15.8. The SMILES string of the molecule is O=C(OC1(C(Cl)(Cl)c2ccc(-c3ccccc3)c(OCCN3CCCCC3)c2)CCN(C2CCCCC2)C1=O)C(F)(F)F. The molecule has 0 radical (unpaired) electrons. The summed E-state index contributed by atoms with van der Waals surface area (Å²) in [4.78, 5) is 30.1. The van der Waals surface area contributed by atoms with Crippen LogP contribution in [0.2, 0.25) is 0 Å². The van der Waals surface area contributed by atoms with Crippen molar-refractivity contribution in [2.75, 3.05) is 32.8 Å². The number of hydrogen-bond donors (Lipinski definition) is 0. The van der Waals surface area contributed by atoms with E-state index < -0.39 is 28.0 Å². The van der Waals surface area contributed by atoms with Crippen LogP contribution in [-0.4, -0.2) is 72.3 Å². The second-order valence-electron chi connectivity index (χ2n) is 11.7. The van der Waals surface area contributed by atoms with Crippen LogP contribution in [0.15, 0.2) is 48.5 Å². The maximum absolute atomic E-state index is 14.0. The number of carbonyl (C=O) groups is 2. The highest BCUT2D eigenvalue weighted by Crippen LogP contribution is 2.53. The summed E-state index contributed by atoms with van der Waals surface area (Å²) in [6.07, 6.45) is 2.12. The number of carbonyl (C=O) groups excluding carboxylic acids is 2. The summed E-state index contributed by atoms with van der Waals surface area (Å²) in [5, 5.41) is 0. The van der Waals surface area contributed by atoms with Gasteiger partial charge in [0.25, 0.3) is 5.91 Å². The van der Waals surface area contributed by atoms with E-state index in [0.717, 1.165) is 56.3 Å². The fraction of sp³-hybridized carbons (Fsp3) is 0.562. The number of ether oxygens (including phenoxy) is 2. The number of esters is 1. The molecule has 1 atom stereocenters.